The first-order valence-corrected chi connectivity index (χ1v) is 16.8. The Balaban J connectivity index is 1.08. The first-order chi connectivity index (χ1) is 21.2. The van der Waals surface area contributed by atoms with Crippen LogP contribution in [0.3, 0.4) is 0 Å². The highest BCUT2D eigenvalue weighted by atomic mass is 32.2. The number of nitrogens with zero attached hydrogens (tertiary/aromatic N) is 3. The van der Waals surface area contributed by atoms with Gasteiger partial charge in [0.15, 0.2) is 5.17 Å². The molecule has 1 fully saturated rings. The number of nitrogens with one attached hydrogen (secondary N) is 3. The lowest BCUT2D eigenvalue weighted by Gasteiger charge is -2.30. The number of benzene rings is 2. The zero-order chi connectivity index (χ0) is 31.1. The van der Waals surface area contributed by atoms with E-state index in [-0.39, 0.29) is 48.2 Å². The lowest BCUT2D eigenvalue weighted by Crippen LogP contribution is -2.31. The van der Waals surface area contributed by atoms with Crippen LogP contribution in [0.4, 0.5) is 5.13 Å². The van der Waals surface area contributed by atoms with Gasteiger partial charge in [-0.25, -0.2) is 0 Å². The van der Waals surface area contributed by atoms with Crippen molar-refractivity contribution in [1.82, 2.24) is 20.9 Å². The molecule has 3 aromatic rings. The van der Waals surface area contributed by atoms with E-state index in [1.165, 1.54) is 11.3 Å². The number of aromatic nitrogens is 2. The Kier molecular flexibility index (Phi) is 10.8. The van der Waals surface area contributed by atoms with Gasteiger partial charge in [0.05, 0.1) is 30.4 Å². The maximum atomic E-state index is 12.7. The summed E-state index contributed by atoms with van der Waals surface area (Å²) in [5.74, 6) is 1.90. The van der Waals surface area contributed by atoms with Crippen LogP contribution in [0.1, 0.15) is 75.4 Å². The first-order valence-electron chi connectivity index (χ1n) is 15.1. The van der Waals surface area contributed by atoms with Gasteiger partial charge < -0.3 is 20.1 Å². The van der Waals surface area contributed by atoms with E-state index in [1.54, 1.807) is 11.8 Å². The maximum absolute atomic E-state index is 12.7. The minimum Gasteiger partial charge on any atom is -0.491 e. The predicted octanol–water partition coefficient (Wildman–Crippen LogP) is 5.86. The van der Waals surface area contributed by atoms with Crippen molar-refractivity contribution in [2.24, 2.45) is 11.0 Å². The number of hydrazone groups is 1. The van der Waals surface area contributed by atoms with Crippen LogP contribution < -0.4 is 25.5 Å². The van der Waals surface area contributed by atoms with Gasteiger partial charge in [0.25, 0.3) is 0 Å². The van der Waals surface area contributed by atoms with E-state index in [4.69, 9.17) is 9.47 Å². The van der Waals surface area contributed by atoms with Crippen molar-refractivity contribution in [2.75, 3.05) is 5.32 Å². The summed E-state index contributed by atoms with van der Waals surface area (Å²) in [6.07, 6.45) is 4.74. The molecule has 0 spiro atoms. The molecule has 1 aliphatic heterocycles. The number of carbonyl (C=O) groups is 2. The fourth-order valence-corrected chi connectivity index (χ4v) is 7.40. The number of ether oxygens (including phenoxy) is 2. The van der Waals surface area contributed by atoms with Gasteiger partial charge in [0.1, 0.15) is 16.5 Å². The SMILES string of the molecule is CC(C)Oc1cccc(CC(=O)NC2=NNC([C@H]3CCC[C@H](c4nnc(NC(=O)Cc5cccc(OC(C)C)c5)s4)C3)S2)c1. The van der Waals surface area contributed by atoms with E-state index in [0.29, 0.717) is 16.2 Å². The van der Waals surface area contributed by atoms with E-state index >= 15 is 0 Å². The van der Waals surface area contributed by atoms with Crippen LogP contribution in [0, 0.1) is 5.92 Å². The van der Waals surface area contributed by atoms with Gasteiger partial charge in [0.2, 0.25) is 16.9 Å². The van der Waals surface area contributed by atoms with Gasteiger partial charge in [-0.3, -0.25) is 15.0 Å². The van der Waals surface area contributed by atoms with E-state index < -0.39 is 0 Å². The van der Waals surface area contributed by atoms with Crippen molar-refractivity contribution in [3.05, 3.63) is 64.7 Å². The minimum atomic E-state index is -0.134. The molecule has 0 bridgehead atoms. The van der Waals surface area contributed by atoms with E-state index in [1.807, 2.05) is 76.2 Å². The molecule has 12 heteroatoms. The summed E-state index contributed by atoms with van der Waals surface area (Å²) in [4.78, 5) is 25.5. The van der Waals surface area contributed by atoms with Gasteiger partial charge in [-0.1, -0.05) is 53.8 Å². The first kappa shape index (κ1) is 31.8. The van der Waals surface area contributed by atoms with Crippen molar-refractivity contribution in [2.45, 2.75) is 89.7 Å². The van der Waals surface area contributed by atoms with Gasteiger partial charge in [-0.15, -0.1) is 10.2 Å². The Morgan fingerprint density at radius 3 is 2.18 bits per heavy atom. The van der Waals surface area contributed by atoms with Crippen LogP contribution in [0.15, 0.2) is 53.6 Å². The molecule has 1 saturated carbocycles. The second-order valence-electron chi connectivity index (χ2n) is 11.7. The Hall–Kier alpha value is -3.64. The summed E-state index contributed by atoms with van der Waals surface area (Å²) in [7, 11) is 0. The van der Waals surface area contributed by atoms with Gasteiger partial charge in [-0.05, 0) is 88.3 Å². The molecule has 2 aromatic carbocycles. The Labute approximate surface area is 266 Å². The van der Waals surface area contributed by atoms with Crippen molar-refractivity contribution >= 4 is 45.2 Å². The molecular formula is C32H40N6O4S2. The van der Waals surface area contributed by atoms with Crippen LogP contribution in [-0.2, 0) is 22.4 Å². The number of rotatable bonds is 11. The van der Waals surface area contributed by atoms with Gasteiger partial charge >= 0.3 is 0 Å². The molecule has 0 saturated heterocycles. The second kappa shape index (κ2) is 14.9. The predicted molar refractivity (Wildman–Crippen MR) is 175 cm³/mol. The molecule has 3 N–H and O–H groups in total. The Morgan fingerprint density at radius 2 is 1.55 bits per heavy atom. The summed E-state index contributed by atoms with van der Waals surface area (Å²) in [6.45, 7) is 7.90. The number of amides is 2. The number of hydrogen-bond donors (Lipinski definition) is 3. The van der Waals surface area contributed by atoms with Crippen LogP contribution in [0.5, 0.6) is 11.5 Å². The Morgan fingerprint density at radius 1 is 0.909 bits per heavy atom. The second-order valence-corrected chi connectivity index (χ2v) is 13.9. The number of thioether (sulfide) groups is 1. The van der Waals surface area contributed by atoms with Gasteiger partial charge in [-0.2, -0.15) is 5.10 Å². The third-order valence-corrected chi connectivity index (χ3v) is 9.39. The summed E-state index contributed by atoms with van der Waals surface area (Å²) in [6, 6.07) is 15.2. The minimum absolute atomic E-state index is 0.0705. The van der Waals surface area contributed by atoms with Crippen molar-refractivity contribution < 1.29 is 19.1 Å². The number of carbonyl (C=O) groups excluding carboxylic acids is 2. The maximum Gasteiger partial charge on any atom is 0.230 e. The molecule has 0 radical (unpaired) electrons. The molecule has 2 amide bonds. The van der Waals surface area contributed by atoms with E-state index in [0.717, 1.165) is 53.3 Å². The topological polar surface area (TPSA) is 127 Å². The molecule has 3 atom stereocenters. The molecule has 5 rings (SSSR count). The fourth-order valence-electron chi connectivity index (χ4n) is 5.43. The van der Waals surface area contributed by atoms with Gasteiger partial charge in [0, 0.05) is 5.92 Å². The van der Waals surface area contributed by atoms with E-state index in [9.17, 15) is 9.59 Å². The van der Waals surface area contributed by atoms with Crippen LogP contribution in [-0.4, -0.2) is 44.8 Å². The largest absolute Gasteiger partial charge is 0.491 e. The lowest BCUT2D eigenvalue weighted by molar-refractivity contribution is -0.119. The molecule has 44 heavy (non-hydrogen) atoms. The molecule has 2 aliphatic rings. The molecule has 234 valence electrons. The molecule has 1 unspecified atom stereocenters. The fraction of sp³-hybridized carbons (Fsp3) is 0.469. The normalized spacial score (nSPS) is 19.8. The van der Waals surface area contributed by atoms with Crippen molar-refractivity contribution in [3.8, 4) is 11.5 Å². The number of anilines is 1. The Bertz CT molecular complexity index is 1480. The third-order valence-electron chi connectivity index (χ3n) is 7.23. The highest BCUT2D eigenvalue weighted by Crippen LogP contribution is 2.42. The summed E-state index contributed by atoms with van der Waals surface area (Å²) < 4.78 is 11.5. The monoisotopic (exact) mass is 636 g/mol. The average molecular weight is 637 g/mol. The van der Waals surface area contributed by atoms with Crippen LogP contribution >= 0.6 is 23.1 Å². The van der Waals surface area contributed by atoms with Crippen molar-refractivity contribution in [3.63, 3.8) is 0 Å². The third kappa shape index (κ3) is 9.18. The van der Waals surface area contributed by atoms with Crippen LogP contribution in [0.25, 0.3) is 0 Å². The standard InChI is InChI=1S/C32H40N6O4S2/c1-19(2)41-25-12-5-8-21(14-25)16-27(39)33-31-37-35-29(43-31)23-10-7-11-24(18-23)30-36-38-32(44-30)34-28(40)17-22-9-6-13-26(15-22)42-20(3)4/h5-6,8-9,12-15,19-20,23-24,29,35H,7,10-11,16-18H2,1-4H3,(H,33,37,39)(H,34,38,40)/t23-,24-,29?/m0/s1. The smallest absolute Gasteiger partial charge is 0.230 e. The zero-order valence-electron chi connectivity index (χ0n) is 25.5. The number of hydrogen-bond acceptors (Lipinski definition) is 10. The molecule has 1 aliphatic carbocycles. The highest BCUT2D eigenvalue weighted by molar-refractivity contribution is 8.14. The van der Waals surface area contributed by atoms with Crippen LogP contribution in [0.2, 0.25) is 0 Å². The summed E-state index contributed by atoms with van der Waals surface area (Å²) in [5, 5.41) is 21.1. The highest BCUT2D eigenvalue weighted by Gasteiger charge is 2.34. The molecule has 1 aromatic heterocycles. The zero-order valence-corrected chi connectivity index (χ0v) is 27.2. The average Bonchev–Trinajstić information content (AvgIpc) is 3.63. The van der Waals surface area contributed by atoms with E-state index in [2.05, 4.69) is 31.4 Å². The van der Waals surface area contributed by atoms with Crippen molar-refractivity contribution in [1.29, 1.82) is 0 Å². The molecular weight excluding hydrogens is 597 g/mol. The molecule has 2 heterocycles. The summed E-state index contributed by atoms with van der Waals surface area (Å²) in [5.41, 5.74) is 5.01. The molecule has 10 nitrogen and oxygen atoms in total. The lowest BCUT2D eigenvalue weighted by atomic mass is 9.81. The number of amidine groups is 1. The summed E-state index contributed by atoms with van der Waals surface area (Å²) >= 11 is 3.01. The quantitative estimate of drug-likeness (QED) is 0.239.